The van der Waals surface area contributed by atoms with Crippen LogP contribution in [0.1, 0.15) is 11.1 Å². The lowest BCUT2D eigenvalue weighted by molar-refractivity contribution is 0.285. The normalized spacial score (nSPS) is 11.6. The molecule has 0 heterocycles. The highest BCUT2D eigenvalue weighted by Gasteiger charge is 2.19. The molecule has 0 radical (unpaired) electrons. The topological polar surface area (TPSA) is 127 Å². The summed E-state index contributed by atoms with van der Waals surface area (Å²) >= 11 is 0. The number of phenolic OH excluding ortho intramolecular Hbond substituents is 2. The van der Waals surface area contributed by atoms with Gasteiger partial charge in [0.25, 0.3) is 0 Å². The largest absolute Gasteiger partial charge is 0.508 e. The third-order valence-corrected chi connectivity index (χ3v) is 10.0. The average molecular weight is 603 g/mol. The van der Waals surface area contributed by atoms with Gasteiger partial charge in [0.2, 0.25) is 19.7 Å². The second-order valence-corrected chi connectivity index (χ2v) is 13.2. The Hall–Kier alpha value is -4.80. The Morgan fingerprint density at radius 1 is 0.429 bits per heavy atom. The molecular weight excluding hydrogens is 576 g/mol. The van der Waals surface area contributed by atoms with Crippen LogP contribution in [0, 0.1) is 0 Å². The van der Waals surface area contributed by atoms with Gasteiger partial charge in [-0.2, -0.15) is 0 Å². The van der Waals surface area contributed by atoms with E-state index in [1.165, 1.54) is 72.8 Å². The van der Waals surface area contributed by atoms with E-state index in [2.05, 4.69) is 0 Å². The molecule has 0 atom stereocenters. The second-order valence-electron chi connectivity index (χ2n) is 9.28. The summed E-state index contributed by atoms with van der Waals surface area (Å²) in [6, 6.07) is 30.5. The van der Waals surface area contributed by atoms with Gasteiger partial charge in [-0.3, -0.25) is 0 Å². The van der Waals surface area contributed by atoms with Crippen molar-refractivity contribution in [3.63, 3.8) is 0 Å². The van der Waals surface area contributed by atoms with E-state index < -0.39 is 19.7 Å². The van der Waals surface area contributed by atoms with Crippen LogP contribution in [0.4, 0.5) is 0 Å². The maximum atomic E-state index is 12.8. The highest BCUT2D eigenvalue weighted by atomic mass is 32.2. The molecule has 42 heavy (non-hydrogen) atoms. The standard InChI is InChI=1S/C32H26O8S2/c33-25-5-13-29(14-6-25)41(35,36)31-17-9-27(10-18-31)39-21-23-3-1-2-4-24(23)22-40-28-11-19-32(20-12-28)42(37,38)30-15-7-26(34)8-16-30/h1-20,33-34H,21-22H2. The van der Waals surface area contributed by atoms with Crippen molar-refractivity contribution >= 4 is 19.7 Å². The SMILES string of the molecule is O=S(=O)(c1ccc(O)cc1)c1ccc(OCc2ccccc2COc2ccc(S(=O)(=O)c3ccc(O)cc3)cc2)cc1. The molecule has 0 unspecified atom stereocenters. The number of aromatic hydroxyl groups is 2. The van der Waals surface area contributed by atoms with Crippen LogP contribution in [0.2, 0.25) is 0 Å². The van der Waals surface area contributed by atoms with E-state index in [4.69, 9.17) is 9.47 Å². The molecule has 0 aliphatic heterocycles. The van der Waals surface area contributed by atoms with Crippen molar-refractivity contribution in [2.24, 2.45) is 0 Å². The summed E-state index contributed by atoms with van der Waals surface area (Å²) in [5.74, 6) is 0.944. The van der Waals surface area contributed by atoms with Gasteiger partial charge in [-0.1, -0.05) is 24.3 Å². The second kappa shape index (κ2) is 12.0. The smallest absolute Gasteiger partial charge is 0.206 e. The van der Waals surface area contributed by atoms with Crippen LogP contribution in [0.3, 0.4) is 0 Å². The third kappa shape index (κ3) is 6.40. The summed E-state index contributed by atoms with van der Waals surface area (Å²) in [6.45, 7) is 0.431. The number of rotatable bonds is 10. The van der Waals surface area contributed by atoms with Crippen LogP contribution in [-0.2, 0) is 32.9 Å². The Morgan fingerprint density at radius 2 is 0.714 bits per heavy atom. The summed E-state index contributed by atoms with van der Waals surface area (Å²) in [7, 11) is -7.47. The van der Waals surface area contributed by atoms with Gasteiger partial charge in [0.1, 0.15) is 36.2 Å². The predicted octanol–water partition coefficient (Wildman–Crippen LogP) is 5.92. The molecule has 0 bridgehead atoms. The molecule has 0 aliphatic rings. The number of benzene rings is 5. The molecular formula is C32H26O8S2. The van der Waals surface area contributed by atoms with Crippen molar-refractivity contribution in [2.75, 3.05) is 0 Å². The molecule has 2 N–H and O–H groups in total. The number of hydrogen-bond donors (Lipinski definition) is 2. The zero-order valence-corrected chi connectivity index (χ0v) is 23.8. The Morgan fingerprint density at radius 3 is 1.02 bits per heavy atom. The summed E-state index contributed by atoms with van der Waals surface area (Å²) in [5.41, 5.74) is 1.73. The average Bonchev–Trinajstić information content (AvgIpc) is 3.00. The van der Waals surface area contributed by atoms with Gasteiger partial charge in [-0.25, -0.2) is 16.8 Å². The van der Waals surface area contributed by atoms with Crippen molar-refractivity contribution in [1.29, 1.82) is 0 Å². The minimum Gasteiger partial charge on any atom is -0.508 e. The number of sulfone groups is 2. The van der Waals surface area contributed by atoms with Gasteiger partial charge in [0.05, 0.1) is 19.6 Å². The first-order valence-electron chi connectivity index (χ1n) is 12.7. The van der Waals surface area contributed by atoms with Crippen molar-refractivity contribution in [1.82, 2.24) is 0 Å². The molecule has 0 saturated heterocycles. The third-order valence-electron chi connectivity index (χ3n) is 6.47. The quantitative estimate of drug-likeness (QED) is 0.202. The van der Waals surface area contributed by atoms with Crippen LogP contribution in [-0.4, -0.2) is 27.0 Å². The van der Waals surface area contributed by atoms with E-state index in [0.29, 0.717) is 11.5 Å². The van der Waals surface area contributed by atoms with Gasteiger partial charge in [0.15, 0.2) is 0 Å². The van der Waals surface area contributed by atoms with Crippen molar-refractivity contribution < 1.29 is 36.5 Å². The van der Waals surface area contributed by atoms with Crippen LogP contribution in [0.15, 0.2) is 141 Å². The first kappa shape index (κ1) is 28.7. The van der Waals surface area contributed by atoms with Gasteiger partial charge in [0, 0.05) is 0 Å². The van der Waals surface area contributed by atoms with Crippen LogP contribution in [0.25, 0.3) is 0 Å². The lowest BCUT2D eigenvalue weighted by Crippen LogP contribution is -2.05. The van der Waals surface area contributed by atoms with E-state index in [1.807, 2.05) is 24.3 Å². The number of ether oxygens (including phenoxy) is 2. The molecule has 0 fully saturated rings. The van der Waals surface area contributed by atoms with Crippen LogP contribution >= 0.6 is 0 Å². The van der Waals surface area contributed by atoms with Crippen molar-refractivity contribution in [2.45, 2.75) is 32.8 Å². The molecule has 0 amide bonds. The van der Waals surface area contributed by atoms with Crippen molar-refractivity contribution in [3.8, 4) is 23.0 Å². The molecule has 5 aromatic rings. The summed E-state index contributed by atoms with van der Waals surface area (Å²) < 4.78 is 63.2. The molecule has 8 nitrogen and oxygen atoms in total. The molecule has 0 aromatic heterocycles. The molecule has 0 saturated carbocycles. The Kier molecular flexibility index (Phi) is 8.19. The summed E-state index contributed by atoms with van der Waals surface area (Å²) in [4.78, 5) is 0.375. The Balaban J connectivity index is 1.21. The number of phenols is 2. The zero-order valence-electron chi connectivity index (χ0n) is 22.1. The maximum absolute atomic E-state index is 12.8. The van der Waals surface area contributed by atoms with E-state index in [-0.39, 0.29) is 44.3 Å². The van der Waals surface area contributed by atoms with Gasteiger partial charge < -0.3 is 19.7 Å². The van der Waals surface area contributed by atoms with Gasteiger partial charge in [-0.05, 0) is 108 Å². The summed E-state index contributed by atoms with van der Waals surface area (Å²) in [6.07, 6.45) is 0. The molecule has 5 rings (SSSR count). The lowest BCUT2D eigenvalue weighted by atomic mass is 10.1. The molecule has 0 aliphatic carbocycles. The van der Waals surface area contributed by atoms with Crippen LogP contribution < -0.4 is 9.47 Å². The monoisotopic (exact) mass is 602 g/mol. The molecule has 214 valence electrons. The van der Waals surface area contributed by atoms with Crippen molar-refractivity contribution in [3.05, 3.63) is 132 Å². The van der Waals surface area contributed by atoms with E-state index in [0.717, 1.165) is 11.1 Å². The fourth-order valence-electron chi connectivity index (χ4n) is 4.11. The fourth-order valence-corrected chi connectivity index (χ4v) is 6.64. The first-order chi connectivity index (χ1) is 20.1. The van der Waals surface area contributed by atoms with Crippen LogP contribution in [0.5, 0.6) is 23.0 Å². The highest BCUT2D eigenvalue weighted by Crippen LogP contribution is 2.27. The Bertz CT molecular complexity index is 1740. The van der Waals surface area contributed by atoms with E-state index in [1.54, 1.807) is 24.3 Å². The minimum atomic E-state index is -3.73. The van der Waals surface area contributed by atoms with E-state index in [9.17, 15) is 27.0 Å². The molecule has 10 heteroatoms. The fraction of sp³-hybridized carbons (Fsp3) is 0.0625. The maximum Gasteiger partial charge on any atom is 0.206 e. The zero-order chi connectivity index (χ0) is 29.7. The van der Waals surface area contributed by atoms with Gasteiger partial charge >= 0.3 is 0 Å². The number of hydrogen-bond acceptors (Lipinski definition) is 8. The van der Waals surface area contributed by atoms with Gasteiger partial charge in [-0.15, -0.1) is 0 Å². The molecule has 5 aromatic carbocycles. The predicted molar refractivity (Wildman–Crippen MR) is 155 cm³/mol. The minimum absolute atomic E-state index is 0.0151. The van der Waals surface area contributed by atoms with E-state index >= 15 is 0 Å². The highest BCUT2D eigenvalue weighted by molar-refractivity contribution is 7.91. The first-order valence-corrected chi connectivity index (χ1v) is 15.7. The summed E-state index contributed by atoms with van der Waals surface area (Å²) in [5, 5.41) is 18.9. The molecule has 0 spiro atoms. The Labute approximate surface area is 243 Å². The lowest BCUT2D eigenvalue weighted by Gasteiger charge is -2.13.